The van der Waals surface area contributed by atoms with Crippen LogP contribution in [0.1, 0.15) is 20.8 Å². The molecule has 0 aromatic rings. The summed E-state index contributed by atoms with van der Waals surface area (Å²) in [7, 11) is 1.91. The molecule has 4 nitrogen and oxygen atoms in total. The maximum atomic E-state index is 11.4. The fraction of sp³-hybridized carbons (Fsp3) is 0.889. The SMILES string of the molecule is CCNC(=O)C(C)N(C)C(C)CN. The van der Waals surface area contributed by atoms with Gasteiger partial charge in [0.05, 0.1) is 6.04 Å². The molecule has 0 radical (unpaired) electrons. The van der Waals surface area contributed by atoms with E-state index in [1.807, 2.05) is 32.7 Å². The molecule has 3 N–H and O–H groups in total. The Bertz CT molecular complexity index is 161. The van der Waals surface area contributed by atoms with E-state index in [1.165, 1.54) is 0 Å². The van der Waals surface area contributed by atoms with Crippen LogP contribution in [-0.4, -0.2) is 43.0 Å². The highest BCUT2D eigenvalue weighted by molar-refractivity contribution is 5.81. The van der Waals surface area contributed by atoms with Crippen LogP contribution in [0.25, 0.3) is 0 Å². The van der Waals surface area contributed by atoms with Crippen LogP contribution in [0.3, 0.4) is 0 Å². The predicted octanol–water partition coefficient (Wildman–Crippen LogP) is -0.210. The van der Waals surface area contributed by atoms with Gasteiger partial charge in [0.1, 0.15) is 0 Å². The molecule has 0 aliphatic heterocycles. The van der Waals surface area contributed by atoms with Gasteiger partial charge in [0, 0.05) is 19.1 Å². The summed E-state index contributed by atoms with van der Waals surface area (Å²) in [5.41, 5.74) is 5.51. The number of nitrogens with one attached hydrogen (secondary N) is 1. The summed E-state index contributed by atoms with van der Waals surface area (Å²) in [5.74, 6) is 0.0605. The fourth-order valence-electron chi connectivity index (χ4n) is 1.05. The monoisotopic (exact) mass is 187 g/mol. The Hall–Kier alpha value is -0.610. The van der Waals surface area contributed by atoms with Gasteiger partial charge in [-0.15, -0.1) is 0 Å². The van der Waals surface area contributed by atoms with Crippen molar-refractivity contribution in [2.24, 2.45) is 5.73 Å². The van der Waals surface area contributed by atoms with Crippen molar-refractivity contribution in [3.8, 4) is 0 Å². The van der Waals surface area contributed by atoms with E-state index >= 15 is 0 Å². The first kappa shape index (κ1) is 12.4. The minimum absolute atomic E-state index is 0.0605. The van der Waals surface area contributed by atoms with Gasteiger partial charge in [-0.3, -0.25) is 9.69 Å². The smallest absolute Gasteiger partial charge is 0.237 e. The Labute approximate surface area is 80.5 Å². The van der Waals surface area contributed by atoms with Gasteiger partial charge < -0.3 is 11.1 Å². The number of nitrogens with two attached hydrogens (primary N) is 1. The lowest BCUT2D eigenvalue weighted by molar-refractivity contribution is -0.125. The molecule has 0 aromatic carbocycles. The van der Waals surface area contributed by atoms with Crippen LogP contribution in [0.4, 0.5) is 0 Å². The lowest BCUT2D eigenvalue weighted by Crippen LogP contribution is -2.48. The average molecular weight is 187 g/mol. The zero-order valence-electron chi connectivity index (χ0n) is 9.00. The normalized spacial score (nSPS) is 15.5. The second-order valence-electron chi connectivity index (χ2n) is 3.32. The third-order valence-corrected chi connectivity index (χ3v) is 2.38. The second kappa shape index (κ2) is 5.94. The van der Waals surface area contributed by atoms with E-state index in [0.29, 0.717) is 13.1 Å². The predicted molar refractivity (Wildman–Crippen MR) is 54.4 cm³/mol. The van der Waals surface area contributed by atoms with Crippen molar-refractivity contribution < 1.29 is 4.79 Å². The van der Waals surface area contributed by atoms with Crippen LogP contribution in [0.15, 0.2) is 0 Å². The number of carbonyl (C=O) groups excluding carboxylic acids is 1. The largest absolute Gasteiger partial charge is 0.355 e. The molecule has 0 aromatic heterocycles. The van der Waals surface area contributed by atoms with Crippen molar-refractivity contribution in [1.82, 2.24) is 10.2 Å². The minimum Gasteiger partial charge on any atom is -0.355 e. The molecule has 4 heteroatoms. The number of likely N-dealkylation sites (N-methyl/N-ethyl adjacent to an activating group) is 2. The van der Waals surface area contributed by atoms with Gasteiger partial charge in [0.25, 0.3) is 0 Å². The van der Waals surface area contributed by atoms with E-state index in [9.17, 15) is 4.79 Å². The van der Waals surface area contributed by atoms with Gasteiger partial charge in [-0.2, -0.15) is 0 Å². The molecule has 0 saturated carbocycles. The third-order valence-electron chi connectivity index (χ3n) is 2.38. The highest BCUT2D eigenvalue weighted by Gasteiger charge is 2.20. The summed E-state index contributed by atoms with van der Waals surface area (Å²) in [4.78, 5) is 13.4. The van der Waals surface area contributed by atoms with Crippen LogP contribution < -0.4 is 11.1 Å². The number of nitrogens with zero attached hydrogens (tertiary/aromatic N) is 1. The molecule has 0 fully saturated rings. The van der Waals surface area contributed by atoms with E-state index in [2.05, 4.69) is 5.32 Å². The number of amides is 1. The van der Waals surface area contributed by atoms with E-state index in [4.69, 9.17) is 5.73 Å². The molecule has 0 rings (SSSR count). The van der Waals surface area contributed by atoms with Crippen molar-refractivity contribution in [3.05, 3.63) is 0 Å². The standard InChI is InChI=1S/C9H21N3O/c1-5-11-9(13)8(3)12(4)7(2)6-10/h7-8H,5-6,10H2,1-4H3,(H,11,13). The number of hydrogen-bond acceptors (Lipinski definition) is 3. The molecule has 0 aliphatic carbocycles. The topological polar surface area (TPSA) is 58.4 Å². The van der Waals surface area contributed by atoms with Gasteiger partial charge in [-0.05, 0) is 27.8 Å². The Morgan fingerprint density at radius 1 is 1.54 bits per heavy atom. The molecule has 0 saturated heterocycles. The number of carbonyl (C=O) groups is 1. The summed E-state index contributed by atoms with van der Waals surface area (Å²) < 4.78 is 0. The number of rotatable bonds is 5. The van der Waals surface area contributed by atoms with Gasteiger partial charge in [0.2, 0.25) is 5.91 Å². The first-order valence-corrected chi connectivity index (χ1v) is 4.74. The maximum absolute atomic E-state index is 11.4. The number of hydrogen-bond donors (Lipinski definition) is 2. The first-order chi connectivity index (χ1) is 6.04. The highest BCUT2D eigenvalue weighted by Crippen LogP contribution is 2.00. The van der Waals surface area contributed by atoms with E-state index in [0.717, 1.165) is 0 Å². The Balaban J connectivity index is 4.07. The van der Waals surface area contributed by atoms with E-state index < -0.39 is 0 Å². The molecule has 13 heavy (non-hydrogen) atoms. The van der Waals surface area contributed by atoms with Crippen molar-refractivity contribution in [3.63, 3.8) is 0 Å². The Morgan fingerprint density at radius 3 is 2.46 bits per heavy atom. The van der Waals surface area contributed by atoms with Crippen molar-refractivity contribution >= 4 is 5.91 Å². The van der Waals surface area contributed by atoms with E-state index in [1.54, 1.807) is 0 Å². The van der Waals surface area contributed by atoms with Crippen molar-refractivity contribution in [1.29, 1.82) is 0 Å². The zero-order valence-corrected chi connectivity index (χ0v) is 9.00. The summed E-state index contributed by atoms with van der Waals surface area (Å²) in [5, 5.41) is 2.78. The quantitative estimate of drug-likeness (QED) is 0.626. The van der Waals surface area contributed by atoms with Crippen LogP contribution in [-0.2, 0) is 4.79 Å². The molecular weight excluding hydrogens is 166 g/mol. The van der Waals surface area contributed by atoms with Gasteiger partial charge >= 0.3 is 0 Å². The summed E-state index contributed by atoms with van der Waals surface area (Å²) in [6.45, 7) is 7.05. The minimum atomic E-state index is -0.113. The summed E-state index contributed by atoms with van der Waals surface area (Å²) in [6, 6.07) is 0.121. The molecule has 0 bridgehead atoms. The molecule has 2 unspecified atom stereocenters. The molecule has 0 aliphatic rings. The first-order valence-electron chi connectivity index (χ1n) is 4.74. The second-order valence-corrected chi connectivity index (χ2v) is 3.32. The molecular formula is C9H21N3O. The van der Waals surface area contributed by atoms with Crippen molar-refractivity contribution in [2.45, 2.75) is 32.9 Å². The molecule has 0 spiro atoms. The van der Waals surface area contributed by atoms with Crippen LogP contribution >= 0.6 is 0 Å². The lowest BCUT2D eigenvalue weighted by atomic mass is 10.2. The molecule has 0 heterocycles. The van der Waals surface area contributed by atoms with Crippen LogP contribution in [0.5, 0.6) is 0 Å². The molecule has 1 amide bonds. The summed E-state index contributed by atoms with van der Waals surface area (Å²) >= 11 is 0. The van der Waals surface area contributed by atoms with E-state index in [-0.39, 0.29) is 18.0 Å². The van der Waals surface area contributed by atoms with Crippen LogP contribution in [0, 0.1) is 0 Å². The maximum Gasteiger partial charge on any atom is 0.237 e. The zero-order chi connectivity index (χ0) is 10.4. The third kappa shape index (κ3) is 3.74. The van der Waals surface area contributed by atoms with Crippen LogP contribution in [0.2, 0.25) is 0 Å². The van der Waals surface area contributed by atoms with Gasteiger partial charge in [0.15, 0.2) is 0 Å². The molecule has 2 atom stereocenters. The van der Waals surface area contributed by atoms with Crippen molar-refractivity contribution in [2.75, 3.05) is 20.1 Å². The molecule has 78 valence electrons. The highest BCUT2D eigenvalue weighted by atomic mass is 16.2. The fourth-order valence-corrected chi connectivity index (χ4v) is 1.05. The Morgan fingerprint density at radius 2 is 2.08 bits per heavy atom. The summed E-state index contributed by atoms with van der Waals surface area (Å²) in [6.07, 6.45) is 0. The van der Waals surface area contributed by atoms with Gasteiger partial charge in [-0.25, -0.2) is 0 Å². The average Bonchev–Trinajstić information content (AvgIpc) is 2.14. The Kier molecular flexibility index (Phi) is 5.66. The van der Waals surface area contributed by atoms with Gasteiger partial charge in [-0.1, -0.05) is 0 Å². The lowest BCUT2D eigenvalue weighted by Gasteiger charge is -2.28.